The number of methoxy groups -OCH3 is 1. The van der Waals surface area contributed by atoms with Gasteiger partial charge in [-0.05, 0) is 24.6 Å². The lowest BCUT2D eigenvalue weighted by Gasteiger charge is -2.15. The summed E-state index contributed by atoms with van der Waals surface area (Å²) < 4.78 is 4.57. The Morgan fingerprint density at radius 1 is 1.10 bits per heavy atom. The first-order chi connectivity index (χ1) is 10.2. The van der Waals surface area contributed by atoms with Crippen LogP contribution >= 0.6 is 0 Å². The van der Waals surface area contributed by atoms with Crippen LogP contribution in [0, 0.1) is 18.8 Å². The number of esters is 1. The Kier molecular flexibility index (Phi) is 5.00. The lowest BCUT2D eigenvalue weighted by molar-refractivity contribution is -0.133. The van der Waals surface area contributed by atoms with Crippen molar-refractivity contribution in [2.75, 3.05) is 12.4 Å². The molecule has 1 N–H and O–H groups in total. The molecule has 0 saturated heterocycles. The Morgan fingerprint density at radius 2 is 1.76 bits per heavy atom. The number of carbonyl (C=O) groups is 1. The van der Waals surface area contributed by atoms with Gasteiger partial charge >= 0.3 is 5.97 Å². The third-order valence-electron chi connectivity index (χ3n) is 3.00. The number of hydrogen-bond acceptors (Lipinski definition) is 3. The fraction of sp³-hybridized carbons (Fsp3) is 0.167. The van der Waals surface area contributed by atoms with Crippen LogP contribution in [0.15, 0.2) is 54.6 Å². The van der Waals surface area contributed by atoms with Gasteiger partial charge in [0.2, 0.25) is 0 Å². The van der Waals surface area contributed by atoms with Crippen molar-refractivity contribution < 1.29 is 9.53 Å². The molecule has 3 heteroatoms. The van der Waals surface area contributed by atoms with Gasteiger partial charge in [-0.25, -0.2) is 4.79 Å². The maximum atomic E-state index is 11.2. The van der Waals surface area contributed by atoms with Gasteiger partial charge in [0, 0.05) is 11.6 Å². The number of aryl methyl sites for hydroxylation is 1. The first-order valence-electron chi connectivity index (χ1n) is 6.66. The molecule has 1 unspecified atom stereocenters. The van der Waals surface area contributed by atoms with Crippen LogP contribution in [-0.4, -0.2) is 13.1 Å². The number of para-hydroxylation sites is 1. The molecule has 0 aliphatic carbocycles. The Hall–Kier alpha value is -2.73. The molecule has 0 aromatic heterocycles. The van der Waals surface area contributed by atoms with E-state index in [1.54, 1.807) is 0 Å². The van der Waals surface area contributed by atoms with Crippen molar-refractivity contribution >= 4 is 11.7 Å². The van der Waals surface area contributed by atoms with Gasteiger partial charge in [0.1, 0.15) is 6.04 Å². The molecule has 0 radical (unpaired) electrons. The van der Waals surface area contributed by atoms with Gasteiger partial charge in [-0.3, -0.25) is 0 Å². The van der Waals surface area contributed by atoms with Gasteiger partial charge in [-0.2, -0.15) is 0 Å². The topological polar surface area (TPSA) is 38.3 Å². The molecule has 0 aliphatic heterocycles. The molecule has 3 nitrogen and oxygen atoms in total. The molecule has 0 saturated carbocycles. The summed E-state index contributed by atoms with van der Waals surface area (Å²) in [5.41, 5.74) is 3.13. The summed E-state index contributed by atoms with van der Waals surface area (Å²) in [6.45, 7) is 2.03. The van der Waals surface area contributed by atoms with Crippen molar-refractivity contribution in [3.05, 3.63) is 65.7 Å². The fourth-order valence-electron chi connectivity index (χ4n) is 1.84. The second-order valence-electron chi connectivity index (χ2n) is 4.61. The summed E-state index contributed by atoms with van der Waals surface area (Å²) >= 11 is 0. The van der Waals surface area contributed by atoms with Crippen LogP contribution in [0.4, 0.5) is 5.69 Å². The van der Waals surface area contributed by atoms with Crippen LogP contribution in [0.2, 0.25) is 0 Å². The standard InChI is InChI=1S/C18H17NO2/c1-14-8-10-15(11-9-14)17(12-13-18(20)21-2)19-16-6-4-3-5-7-16/h3-11,17,19H,1-2H3. The molecule has 1 atom stereocenters. The molecule has 0 spiro atoms. The zero-order valence-electron chi connectivity index (χ0n) is 12.1. The van der Waals surface area contributed by atoms with E-state index in [4.69, 9.17) is 0 Å². The molecule has 21 heavy (non-hydrogen) atoms. The van der Waals surface area contributed by atoms with E-state index >= 15 is 0 Å². The van der Waals surface area contributed by atoms with E-state index in [-0.39, 0.29) is 6.04 Å². The summed E-state index contributed by atoms with van der Waals surface area (Å²) in [5, 5.41) is 3.31. The normalized spacial score (nSPS) is 11.0. The minimum Gasteiger partial charge on any atom is -0.459 e. The van der Waals surface area contributed by atoms with Gasteiger partial charge in [0.05, 0.1) is 7.11 Å². The maximum Gasteiger partial charge on any atom is 0.384 e. The summed E-state index contributed by atoms with van der Waals surface area (Å²) in [6, 6.07) is 17.5. The first kappa shape index (κ1) is 14.7. The van der Waals surface area contributed by atoms with Crippen LogP contribution in [0.1, 0.15) is 17.2 Å². The third kappa shape index (κ3) is 4.39. The zero-order valence-corrected chi connectivity index (χ0v) is 12.1. The monoisotopic (exact) mass is 279 g/mol. The van der Waals surface area contributed by atoms with Crippen molar-refractivity contribution in [2.24, 2.45) is 0 Å². The van der Waals surface area contributed by atoms with Crippen LogP contribution < -0.4 is 5.32 Å². The molecule has 0 amide bonds. The van der Waals surface area contributed by atoms with Crippen molar-refractivity contribution in [2.45, 2.75) is 13.0 Å². The molecule has 2 aromatic carbocycles. The zero-order chi connectivity index (χ0) is 15.1. The largest absolute Gasteiger partial charge is 0.459 e. The number of benzene rings is 2. The first-order valence-corrected chi connectivity index (χ1v) is 6.66. The Bertz CT molecular complexity index is 651. The molecular weight excluding hydrogens is 262 g/mol. The minimum absolute atomic E-state index is 0.271. The second kappa shape index (κ2) is 7.16. The molecule has 0 aliphatic rings. The SMILES string of the molecule is COC(=O)C#CC(Nc1ccccc1)c1ccc(C)cc1. The van der Waals surface area contributed by atoms with Gasteiger partial charge < -0.3 is 10.1 Å². The van der Waals surface area contributed by atoms with Crippen LogP contribution in [-0.2, 0) is 9.53 Å². The summed E-state index contributed by atoms with van der Waals surface area (Å²) in [7, 11) is 1.32. The van der Waals surface area contributed by atoms with E-state index in [0.29, 0.717) is 0 Å². The number of ether oxygens (including phenoxy) is 1. The third-order valence-corrected chi connectivity index (χ3v) is 3.00. The molecule has 106 valence electrons. The van der Waals surface area contributed by atoms with Gasteiger partial charge in [-0.15, -0.1) is 0 Å². The highest BCUT2D eigenvalue weighted by molar-refractivity contribution is 5.88. The molecule has 2 aromatic rings. The van der Waals surface area contributed by atoms with Crippen LogP contribution in [0.5, 0.6) is 0 Å². The maximum absolute atomic E-state index is 11.2. The molecule has 2 rings (SSSR count). The number of hydrogen-bond donors (Lipinski definition) is 1. The number of rotatable bonds is 3. The summed E-state index contributed by atoms with van der Waals surface area (Å²) in [6.07, 6.45) is 0. The van der Waals surface area contributed by atoms with Crippen molar-refractivity contribution in [1.82, 2.24) is 0 Å². The van der Waals surface area contributed by atoms with Crippen molar-refractivity contribution in [3.8, 4) is 11.8 Å². The van der Waals surface area contributed by atoms with E-state index in [2.05, 4.69) is 21.9 Å². The lowest BCUT2D eigenvalue weighted by Crippen LogP contribution is -2.09. The van der Waals surface area contributed by atoms with E-state index in [0.717, 1.165) is 11.3 Å². The van der Waals surface area contributed by atoms with Gasteiger partial charge in [-0.1, -0.05) is 53.9 Å². The predicted octanol–water partition coefficient (Wildman–Crippen LogP) is 3.32. The molecule has 0 bridgehead atoms. The minimum atomic E-state index is -0.540. The summed E-state index contributed by atoms with van der Waals surface area (Å²) in [4.78, 5) is 11.2. The Morgan fingerprint density at radius 3 is 2.38 bits per heavy atom. The second-order valence-corrected chi connectivity index (χ2v) is 4.61. The van der Waals surface area contributed by atoms with E-state index in [1.165, 1.54) is 12.7 Å². The molecular formula is C18H17NO2. The number of nitrogens with one attached hydrogen (secondary N) is 1. The predicted molar refractivity (Wildman–Crippen MR) is 83.8 cm³/mol. The van der Waals surface area contributed by atoms with E-state index < -0.39 is 5.97 Å². The lowest BCUT2D eigenvalue weighted by atomic mass is 10.0. The molecule has 0 fully saturated rings. The average molecular weight is 279 g/mol. The highest BCUT2D eigenvalue weighted by Crippen LogP contribution is 2.19. The van der Waals surface area contributed by atoms with Gasteiger partial charge in [0.15, 0.2) is 0 Å². The highest BCUT2D eigenvalue weighted by Gasteiger charge is 2.08. The highest BCUT2D eigenvalue weighted by atomic mass is 16.5. The van der Waals surface area contributed by atoms with E-state index in [9.17, 15) is 4.79 Å². The quantitative estimate of drug-likeness (QED) is 0.532. The van der Waals surface area contributed by atoms with Crippen LogP contribution in [0.25, 0.3) is 0 Å². The fourth-order valence-corrected chi connectivity index (χ4v) is 1.84. The van der Waals surface area contributed by atoms with E-state index in [1.807, 2.05) is 61.5 Å². The number of carbonyl (C=O) groups excluding carboxylic acids is 1. The Balaban J connectivity index is 2.27. The number of anilines is 1. The molecule has 0 heterocycles. The smallest absolute Gasteiger partial charge is 0.384 e. The average Bonchev–Trinajstić information content (AvgIpc) is 2.53. The van der Waals surface area contributed by atoms with Crippen molar-refractivity contribution in [3.63, 3.8) is 0 Å². The van der Waals surface area contributed by atoms with Gasteiger partial charge in [0.25, 0.3) is 0 Å². The summed E-state index contributed by atoms with van der Waals surface area (Å²) in [5.74, 6) is 4.87. The van der Waals surface area contributed by atoms with Crippen molar-refractivity contribution in [1.29, 1.82) is 0 Å². The Labute approximate surface area is 125 Å². The van der Waals surface area contributed by atoms with Crippen LogP contribution in [0.3, 0.4) is 0 Å².